The summed E-state index contributed by atoms with van der Waals surface area (Å²) in [7, 11) is -0.682. The van der Waals surface area contributed by atoms with E-state index in [9.17, 15) is 13.2 Å². The Balaban J connectivity index is 1.78. The Morgan fingerprint density at radius 3 is 2.30 bits per heavy atom. The van der Waals surface area contributed by atoms with Crippen molar-refractivity contribution in [1.82, 2.24) is 19.0 Å². The van der Waals surface area contributed by atoms with Crippen molar-refractivity contribution < 1.29 is 22.7 Å². The molecule has 1 aliphatic rings. The van der Waals surface area contributed by atoms with Gasteiger partial charge in [-0.2, -0.15) is 9.40 Å². The molecule has 0 N–H and O–H groups in total. The van der Waals surface area contributed by atoms with Crippen LogP contribution < -0.4 is 9.47 Å². The third-order valence-electron chi connectivity index (χ3n) is 5.37. The van der Waals surface area contributed by atoms with Gasteiger partial charge >= 0.3 is 0 Å². The number of piperazine rings is 1. The van der Waals surface area contributed by atoms with Gasteiger partial charge in [0.05, 0.1) is 31.2 Å². The van der Waals surface area contributed by atoms with Crippen LogP contribution in [0.5, 0.6) is 11.5 Å². The van der Waals surface area contributed by atoms with E-state index in [1.54, 1.807) is 41.6 Å². The monoisotopic (exact) mass is 436 g/mol. The molecule has 1 aliphatic heterocycles. The Labute approximate surface area is 177 Å². The zero-order valence-corrected chi connectivity index (χ0v) is 18.8. The van der Waals surface area contributed by atoms with Gasteiger partial charge in [0, 0.05) is 32.7 Å². The summed E-state index contributed by atoms with van der Waals surface area (Å²) >= 11 is 0. The highest BCUT2D eigenvalue weighted by molar-refractivity contribution is 7.89. The quantitative estimate of drug-likeness (QED) is 0.684. The molecule has 0 bridgehead atoms. The fraction of sp³-hybridized carbons (Fsp3) is 0.500. The molecule has 0 unspecified atom stereocenters. The average Bonchev–Trinajstić information content (AvgIpc) is 3.06. The Morgan fingerprint density at radius 1 is 1.10 bits per heavy atom. The molecular weight excluding hydrogens is 408 g/mol. The third kappa shape index (κ3) is 3.77. The summed E-state index contributed by atoms with van der Waals surface area (Å²) in [5.41, 5.74) is 1.52. The second kappa shape index (κ2) is 8.65. The first-order valence-corrected chi connectivity index (χ1v) is 11.2. The molecule has 0 aliphatic carbocycles. The number of carbonyl (C=O) groups excluding carboxylic acids is 1. The summed E-state index contributed by atoms with van der Waals surface area (Å²) in [4.78, 5) is 14.9. The van der Waals surface area contributed by atoms with Gasteiger partial charge in [-0.15, -0.1) is 0 Å². The van der Waals surface area contributed by atoms with Crippen LogP contribution in [0, 0.1) is 13.8 Å². The van der Waals surface area contributed by atoms with E-state index >= 15 is 0 Å². The maximum Gasteiger partial charge on any atom is 0.257 e. The lowest BCUT2D eigenvalue weighted by Crippen LogP contribution is -2.50. The van der Waals surface area contributed by atoms with Gasteiger partial charge in [0.15, 0.2) is 11.5 Å². The largest absolute Gasteiger partial charge is 0.493 e. The molecule has 0 saturated carbocycles. The van der Waals surface area contributed by atoms with Crippen molar-refractivity contribution >= 4 is 15.9 Å². The molecular formula is C20H28N4O5S. The zero-order valence-electron chi connectivity index (χ0n) is 18.0. The molecule has 1 saturated heterocycles. The predicted octanol–water partition coefficient (Wildman–Crippen LogP) is 1.68. The smallest absolute Gasteiger partial charge is 0.257 e. The molecule has 1 amide bonds. The minimum Gasteiger partial charge on any atom is -0.493 e. The van der Waals surface area contributed by atoms with E-state index in [2.05, 4.69) is 5.10 Å². The predicted molar refractivity (Wildman–Crippen MR) is 112 cm³/mol. The number of methoxy groups -OCH3 is 2. The van der Waals surface area contributed by atoms with Crippen LogP contribution in [0.25, 0.3) is 0 Å². The molecule has 1 aromatic heterocycles. The number of aryl methyl sites for hydroxylation is 2. The van der Waals surface area contributed by atoms with Gasteiger partial charge in [-0.1, -0.05) is 6.07 Å². The van der Waals surface area contributed by atoms with Crippen LogP contribution in [-0.2, 0) is 16.6 Å². The van der Waals surface area contributed by atoms with Gasteiger partial charge in [-0.05, 0) is 32.9 Å². The number of hydrogen-bond acceptors (Lipinski definition) is 6. The van der Waals surface area contributed by atoms with Gasteiger partial charge in [-0.25, -0.2) is 8.42 Å². The molecule has 0 atom stereocenters. The van der Waals surface area contributed by atoms with Crippen molar-refractivity contribution in [2.75, 3.05) is 40.4 Å². The number of carbonyl (C=O) groups is 1. The SMILES string of the molecule is CCn1nc(C)c(S(=O)(=O)N2CCN(C(=O)c3cccc(OC)c3OC)CC2)c1C. The Kier molecular flexibility index (Phi) is 6.37. The molecule has 2 heterocycles. The third-order valence-corrected chi connectivity index (χ3v) is 7.52. The van der Waals surface area contributed by atoms with Crippen molar-refractivity contribution in [1.29, 1.82) is 0 Å². The zero-order chi connectivity index (χ0) is 22.1. The van der Waals surface area contributed by atoms with Crippen LogP contribution in [0.2, 0.25) is 0 Å². The number of amides is 1. The Bertz CT molecular complexity index is 1040. The van der Waals surface area contributed by atoms with Gasteiger partial charge in [0.2, 0.25) is 10.0 Å². The minimum atomic E-state index is -3.68. The number of rotatable bonds is 6. The summed E-state index contributed by atoms with van der Waals surface area (Å²) in [5, 5.41) is 4.33. The summed E-state index contributed by atoms with van der Waals surface area (Å²) in [6.07, 6.45) is 0. The average molecular weight is 437 g/mol. The van der Waals surface area contributed by atoms with E-state index in [1.165, 1.54) is 18.5 Å². The molecule has 3 rings (SSSR count). The lowest BCUT2D eigenvalue weighted by molar-refractivity contribution is 0.0694. The van der Waals surface area contributed by atoms with Gasteiger partial charge < -0.3 is 14.4 Å². The van der Waals surface area contributed by atoms with Crippen molar-refractivity contribution in [3.8, 4) is 11.5 Å². The lowest BCUT2D eigenvalue weighted by atomic mass is 10.1. The van der Waals surface area contributed by atoms with Crippen LogP contribution in [0.4, 0.5) is 0 Å². The fourth-order valence-corrected chi connectivity index (χ4v) is 5.64. The lowest BCUT2D eigenvalue weighted by Gasteiger charge is -2.34. The molecule has 1 aromatic carbocycles. The number of benzene rings is 1. The van der Waals surface area contributed by atoms with Crippen LogP contribution in [-0.4, -0.2) is 73.7 Å². The van der Waals surface area contributed by atoms with Crippen molar-refractivity contribution in [3.63, 3.8) is 0 Å². The van der Waals surface area contributed by atoms with Crippen LogP contribution in [0.1, 0.15) is 28.7 Å². The Morgan fingerprint density at radius 2 is 1.77 bits per heavy atom. The normalized spacial score (nSPS) is 15.3. The minimum absolute atomic E-state index is 0.214. The van der Waals surface area contributed by atoms with Crippen LogP contribution in [0.3, 0.4) is 0 Å². The van der Waals surface area contributed by atoms with E-state index in [0.29, 0.717) is 48.1 Å². The standard InChI is InChI=1S/C20H28N4O5S/c1-6-24-15(3)19(14(2)21-24)30(26,27)23-12-10-22(11-13-23)20(25)16-8-7-9-17(28-4)18(16)29-5/h7-9H,6,10-13H2,1-5H3. The number of hydrogen-bond donors (Lipinski definition) is 0. The molecule has 30 heavy (non-hydrogen) atoms. The number of ether oxygens (including phenoxy) is 2. The number of nitrogens with zero attached hydrogens (tertiary/aromatic N) is 4. The molecule has 0 spiro atoms. The highest BCUT2D eigenvalue weighted by Crippen LogP contribution is 2.32. The maximum atomic E-state index is 13.2. The first-order valence-electron chi connectivity index (χ1n) is 9.80. The van der Waals surface area contributed by atoms with Crippen molar-refractivity contribution in [3.05, 3.63) is 35.2 Å². The first-order chi connectivity index (χ1) is 14.3. The van der Waals surface area contributed by atoms with E-state index < -0.39 is 10.0 Å². The van der Waals surface area contributed by atoms with Gasteiger partial charge in [0.25, 0.3) is 5.91 Å². The van der Waals surface area contributed by atoms with Crippen molar-refractivity contribution in [2.24, 2.45) is 0 Å². The molecule has 10 heteroatoms. The first kappa shape index (κ1) is 22.1. The molecule has 1 fully saturated rings. The van der Waals surface area contributed by atoms with E-state index in [1.807, 2.05) is 6.92 Å². The van der Waals surface area contributed by atoms with Crippen LogP contribution in [0.15, 0.2) is 23.1 Å². The topological polar surface area (TPSA) is 94.0 Å². The Hall–Kier alpha value is -2.59. The van der Waals surface area contributed by atoms with Crippen LogP contribution >= 0.6 is 0 Å². The van der Waals surface area contributed by atoms with Crippen molar-refractivity contribution in [2.45, 2.75) is 32.2 Å². The highest BCUT2D eigenvalue weighted by Gasteiger charge is 2.34. The molecule has 2 aromatic rings. The number of sulfonamides is 1. The summed E-state index contributed by atoms with van der Waals surface area (Å²) in [6.45, 7) is 7.02. The molecule has 164 valence electrons. The van der Waals surface area contributed by atoms with Gasteiger partial charge in [0.1, 0.15) is 4.90 Å². The second-order valence-electron chi connectivity index (χ2n) is 7.05. The van der Waals surface area contributed by atoms with E-state index in [4.69, 9.17) is 9.47 Å². The molecule has 9 nitrogen and oxygen atoms in total. The second-order valence-corrected chi connectivity index (χ2v) is 8.93. The summed E-state index contributed by atoms with van der Waals surface area (Å²) in [5.74, 6) is 0.635. The maximum absolute atomic E-state index is 13.2. The van der Waals surface area contributed by atoms with E-state index in [-0.39, 0.29) is 23.9 Å². The summed E-state index contributed by atoms with van der Waals surface area (Å²) in [6, 6.07) is 5.13. The number of para-hydroxylation sites is 1. The number of aromatic nitrogens is 2. The van der Waals surface area contributed by atoms with Gasteiger partial charge in [-0.3, -0.25) is 9.48 Å². The summed E-state index contributed by atoms with van der Waals surface area (Å²) < 4.78 is 40.2. The fourth-order valence-electron chi connectivity index (χ4n) is 3.85. The molecule has 0 radical (unpaired) electrons. The van der Waals surface area contributed by atoms with E-state index in [0.717, 1.165) is 0 Å². The highest BCUT2D eigenvalue weighted by atomic mass is 32.2.